The Hall–Kier alpha value is -1.87. The van der Waals surface area contributed by atoms with Crippen LogP contribution in [-0.2, 0) is 0 Å². The van der Waals surface area contributed by atoms with E-state index in [0.29, 0.717) is 5.82 Å². The molecule has 18 heavy (non-hydrogen) atoms. The predicted octanol–water partition coefficient (Wildman–Crippen LogP) is 2.67. The van der Waals surface area contributed by atoms with Crippen molar-refractivity contribution in [3.05, 3.63) is 59.3 Å². The van der Waals surface area contributed by atoms with Gasteiger partial charge in [0, 0.05) is 11.8 Å². The largest absolute Gasteiger partial charge is 0.383 e. The van der Waals surface area contributed by atoms with E-state index in [9.17, 15) is 0 Å². The molecule has 0 aliphatic rings. The van der Waals surface area contributed by atoms with Crippen LogP contribution in [0.15, 0.2) is 42.6 Å². The Labute approximate surface area is 108 Å². The number of pyridine rings is 1. The Morgan fingerprint density at radius 2 is 1.94 bits per heavy atom. The molecule has 94 valence electrons. The Balaban J connectivity index is 2.40. The maximum absolute atomic E-state index is 5.97. The van der Waals surface area contributed by atoms with E-state index in [2.05, 4.69) is 48.4 Å². The van der Waals surface area contributed by atoms with Crippen molar-refractivity contribution in [3.8, 4) is 0 Å². The maximum Gasteiger partial charge on any atom is 0.128 e. The zero-order valence-electron chi connectivity index (χ0n) is 10.9. The van der Waals surface area contributed by atoms with Crippen LogP contribution in [0.4, 0.5) is 5.82 Å². The number of nitrogens with one attached hydrogen (secondary N) is 1. The van der Waals surface area contributed by atoms with Gasteiger partial charge in [-0.15, -0.1) is 0 Å². The average molecular weight is 241 g/mol. The van der Waals surface area contributed by atoms with Crippen LogP contribution in [0, 0.1) is 6.92 Å². The summed E-state index contributed by atoms with van der Waals surface area (Å²) < 4.78 is 0. The van der Waals surface area contributed by atoms with Crippen LogP contribution >= 0.6 is 0 Å². The molecule has 1 heterocycles. The van der Waals surface area contributed by atoms with Gasteiger partial charge in [0.05, 0.1) is 6.04 Å². The third kappa shape index (κ3) is 2.68. The number of aromatic nitrogens is 1. The minimum Gasteiger partial charge on any atom is -0.383 e. The van der Waals surface area contributed by atoms with Gasteiger partial charge in [-0.2, -0.15) is 0 Å². The molecule has 0 amide bonds. The van der Waals surface area contributed by atoms with Crippen molar-refractivity contribution in [2.24, 2.45) is 0 Å². The molecule has 1 aromatic carbocycles. The van der Waals surface area contributed by atoms with E-state index in [-0.39, 0.29) is 6.04 Å². The highest BCUT2D eigenvalue weighted by Crippen LogP contribution is 2.25. The van der Waals surface area contributed by atoms with E-state index in [1.54, 1.807) is 6.20 Å². The fourth-order valence-electron chi connectivity index (χ4n) is 2.04. The summed E-state index contributed by atoms with van der Waals surface area (Å²) in [6, 6.07) is 12.5. The summed E-state index contributed by atoms with van der Waals surface area (Å²) in [4.78, 5) is 4.16. The second-order valence-electron chi connectivity index (χ2n) is 4.38. The highest BCUT2D eigenvalue weighted by molar-refractivity contribution is 5.45. The Kier molecular flexibility index (Phi) is 3.95. The van der Waals surface area contributed by atoms with Crippen LogP contribution in [0.3, 0.4) is 0 Å². The normalized spacial score (nSPS) is 12.3. The van der Waals surface area contributed by atoms with Crippen LogP contribution in [0.25, 0.3) is 0 Å². The van der Waals surface area contributed by atoms with Crippen molar-refractivity contribution in [3.63, 3.8) is 0 Å². The molecule has 2 aromatic rings. The molecule has 0 spiro atoms. The van der Waals surface area contributed by atoms with E-state index in [1.807, 2.05) is 12.1 Å². The van der Waals surface area contributed by atoms with Gasteiger partial charge in [0.1, 0.15) is 5.82 Å². The minimum absolute atomic E-state index is 0.101. The summed E-state index contributed by atoms with van der Waals surface area (Å²) in [6.07, 6.45) is 1.72. The number of anilines is 1. The predicted molar refractivity (Wildman–Crippen MR) is 75.3 cm³/mol. The second kappa shape index (κ2) is 5.65. The first-order valence-corrected chi connectivity index (χ1v) is 6.22. The molecule has 0 aliphatic carbocycles. The molecule has 1 atom stereocenters. The molecule has 0 bridgehead atoms. The van der Waals surface area contributed by atoms with Crippen LogP contribution in [0.2, 0.25) is 0 Å². The molecule has 0 saturated heterocycles. The highest BCUT2D eigenvalue weighted by atomic mass is 14.9. The van der Waals surface area contributed by atoms with Crippen LogP contribution in [0.5, 0.6) is 0 Å². The number of nitrogen functional groups attached to an aromatic ring is 1. The van der Waals surface area contributed by atoms with Crippen molar-refractivity contribution in [2.45, 2.75) is 19.9 Å². The summed E-state index contributed by atoms with van der Waals surface area (Å²) in [6.45, 7) is 5.06. The average Bonchev–Trinajstić information content (AvgIpc) is 2.38. The lowest BCUT2D eigenvalue weighted by atomic mass is 9.98. The number of rotatable bonds is 4. The molecule has 3 nitrogen and oxygen atoms in total. The van der Waals surface area contributed by atoms with Crippen LogP contribution in [0.1, 0.15) is 29.7 Å². The van der Waals surface area contributed by atoms with E-state index in [4.69, 9.17) is 5.73 Å². The van der Waals surface area contributed by atoms with Gasteiger partial charge in [-0.25, -0.2) is 4.98 Å². The first kappa shape index (κ1) is 12.6. The van der Waals surface area contributed by atoms with Gasteiger partial charge in [0.2, 0.25) is 0 Å². The van der Waals surface area contributed by atoms with Gasteiger partial charge in [-0.3, -0.25) is 0 Å². The molecule has 3 heteroatoms. The van der Waals surface area contributed by atoms with Crippen LogP contribution < -0.4 is 11.1 Å². The van der Waals surface area contributed by atoms with Crippen LogP contribution in [-0.4, -0.2) is 11.5 Å². The van der Waals surface area contributed by atoms with Crippen molar-refractivity contribution in [1.82, 2.24) is 10.3 Å². The second-order valence-corrected chi connectivity index (χ2v) is 4.38. The van der Waals surface area contributed by atoms with Gasteiger partial charge < -0.3 is 11.1 Å². The number of nitrogens with two attached hydrogens (primary N) is 1. The van der Waals surface area contributed by atoms with E-state index in [0.717, 1.165) is 12.1 Å². The first-order chi connectivity index (χ1) is 8.72. The summed E-state index contributed by atoms with van der Waals surface area (Å²) in [5.74, 6) is 0.587. The van der Waals surface area contributed by atoms with Gasteiger partial charge in [0.15, 0.2) is 0 Å². The molecule has 0 fully saturated rings. The number of nitrogens with zero attached hydrogens (tertiary/aromatic N) is 1. The Morgan fingerprint density at radius 1 is 1.22 bits per heavy atom. The topological polar surface area (TPSA) is 50.9 Å². The monoisotopic (exact) mass is 241 g/mol. The first-order valence-electron chi connectivity index (χ1n) is 6.22. The summed E-state index contributed by atoms with van der Waals surface area (Å²) >= 11 is 0. The minimum atomic E-state index is 0.101. The lowest BCUT2D eigenvalue weighted by Crippen LogP contribution is -2.23. The highest BCUT2D eigenvalue weighted by Gasteiger charge is 2.15. The van der Waals surface area contributed by atoms with Gasteiger partial charge >= 0.3 is 0 Å². The van der Waals surface area contributed by atoms with Crippen molar-refractivity contribution in [1.29, 1.82) is 0 Å². The maximum atomic E-state index is 5.97. The molecular formula is C15H19N3. The Morgan fingerprint density at radius 3 is 2.56 bits per heavy atom. The van der Waals surface area contributed by atoms with Crippen molar-refractivity contribution in [2.75, 3.05) is 12.3 Å². The molecule has 0 saturated carbocycles. The van der Waals surface area contributed by atoms with E-state index < -0.39 is 0 Å². The molecule has 3 N–H and O–H groups in total. The zero-order chi connectivity index (χ0) is 13.0. The molecule has 0 aliphatic heterocycles. The zero-order valence-corrected chi connectivity index (χ0v) is 10.9. The number of hydrogen-bond acceptors (Lipinski definition) is 3. The number of benzene rings is 1. The fourth-order valence-corrected chi connectivity index (χ4v) is 2.04. The lowest BCUT2D eigenvalue weighted by molar-refractivity contribution is 0.630. The molecule has 2 rings (SSSR count). The van der Waals surface area contributed by atoms with Gasteiger partial charge in [0.25, 0.3) is 0 Å². The molecule has 1 unspecified atom stereocenters. The van der Waals surface area contributed by atoms with E-state index >= 15 is 0 Å². The summed E-state index contributed by atoms with van der Waals surface area (Å²) in [7, 11) is 0. The quantitative estimate of drug-likeness (QED) is 0.865. The summed E-state index contributed by atoms with van der Waals surface area (Å²) in [5, 5.41) is 3.46. The SMILES string of the molecule is CCNC(c1ccc(C)cc1)c1cccnc1N. The molecule has 0 radical (unpaired) electrons. The fraction of sp³-hybridized carbons (Fsp3) is 0.267. The smallest absolute Gasteiger partial charge is 0.128 e. The molecule has 1 aromatic heterocycles. The van der Waals surface area contributed by atoms with Crippen molar-refractivity contribution >= 4 is 5.82 Å². The standard InChI is InChI=1S/C15H19N3/c1-3-17-14(12-8-6-11(2)7-9-12)13-5-4-10-18-15(13)16/h4-10,14,17H,3H2,1-2H3,(H2,16,18). The third-order valence-electron chi connectivity index (χ3n) is 3.00. The van der Waals surface area contributed by atoms with Crippen molar-refractivity contribution < 1.29 is 0 Å². The third-order valence-corrected chi connectivity index (χ3v) is 3.00. The Bertz CT molecular complexity index is 505. The number of hydrogen-bond donors (Lipinski definition) is 2. The molecular weight excluding hydrogens is 222 g/mol. The lowest BCUT2D eigenvalue weighted by Gasteiger charge is -2.20. The van der Waals surface area contributed by atoms with E-state index in [1.165, 1.54) is 11.1 Å². The van der Waals surface area contributed by atoms with Gasteiger partial charge in [-0.1, -0.05) is 42.8 Å². The summed E-state index contributed by atoms with van der Waals surface area (Å²) in [5.41, 5.74) is 9.47. The van der Waals surface area contributed by atoms with Gasteiger partial charge in [-0.05, 0) is 25.1 Å². The number of aryl methyl sites for hydroxylation is 1.